The van der Waals surface area contributed by atoms with E-state index in [1.54, 1.807) is 0 Å². The van der Waals surface area contributed by atoms with Gasteiger partial charge in [-0.25, -0.2) is 13.1 Å². The lowest BCUT2D eigenvalue weighted by molar-refractivity contribution is -0.127. The Morgan fingerprint density at radius 2 is 1.45 bits per heavy atom. The molecule has 1 amide bonds. The van der Waals surface area contributed by atoms with Crippen molar-refractivity contribution in [3.8, 4) is 0 Å². The van der Waals surface area contributed by atoms with Gasteiger partial charge in [-0.2, -0.15) is 0 Å². The van der Waals surface area contributed by atoms with Crippen molar-refractivity contribution in [1.82, 2.24) is 10.0 Å². The first kappa shape index (κ1) is 30.3. The van der Waals surface area contributed by atoms with E-state index in [9.17, 15) is 18.3 Å². The molecule has 7 nitrogen and oxygen atoms in total. The number of nitrogens with one attached hydrogen (secondary N) is 2. The zero-order chi connectivity index (χ0) is 24.5. The first-order chi connectivity index (χ1) is 15.7. The molecule has 3 unspecified atom stereocenters. The normalized spacial score (nSPS) is 19.8. The summed E-state index contributed by atoms with van der Waals surface area (Å²) in [7, 11) is -3.54. The van der Waals surface area contributed by atoms with Crippen LogP contribution in [0.4, 0.5) is 0 Å². The average Bonchev–Trinajstić information content (AvgIpc) is 3.14. The quantitative estimate of drug-likeness (QED) is 0.216. The van der Waals surface area contributed by atoms with Crippen molar-refractivity contribution < 1.29 is 23.1 Å². The van der Waals surface area contributed by atoms with Crippen molar-refractivity contribution in [1.29, 1.82) is 0 Å². The molecule has 0 aromatic heterocycles. The molecule has 0 saturated carbocycles. The lowest BCUT2D eigenvalue weighted by atomic mass is 10.0. The van der Waals surface area contributed by atoms with Crippen LogP contribution in [0.15, 0.2) is 0 Å². The Morgan fingerprint density at radius 3 is 1.91 bits per heavy atom. The van der Waals surface area contributed by atoms with Crippen LogP contribution < -0.4 is 10.0 Å². The van der Waals surface area contributed by atoms with Crippen LogP contribution in [-0.2, 0) is 19.6 Å². The molecule has 1 saturated heterocycles. The molecule has 0 aromatic carbocycles. The highest BCUT2D eigenvalue weighted by Crippen LogP contribution is 2.14. The summed E-state index contributed by atoms with van der Waals surface area (Å²) in [5, 5.41) is 12.5. The van der Waals surface area contributed by atoms with Gasteiger partial charge in [0.2, 0.25) is 15.9 Å². The number of carbonyl (C=O) groups is 1. The molecule has 33 heavy (non-hydrogen) atoms. The van der Waals surface area contributed by atoms with Gasteiger partial charge in [-0.3, -0.25) is 4.79 Å². The smallest absolute Gasteiger partial charge is 0.238 e. The number of sulfonamides is 1. The molecule has 3 atom stereocenters. The van der Waals surface area contributed by atoms with Crippen LogP contribution in [0.5, 0.6) is 0 Å². The second-order valence-corrected chi connectivity index (χ2v) is 11.9. The highest BCUT2D eigenvalue weighted by molar-refractivity contribution is 7.89. The van der Waals surface area contributed by atoms with Crippen molar-refractivity contribution in [2.45, 2.75) is 135 Å². The lowest BCUT2D eigenvalue weighted by Crippen LogP contribution is -2.52. The summed E-state index contributed by atoms with van der Waals surface area (Å²) in [5.41, 5.74) is 0. The van der Waals surface area contributed by atoms with Crippen LogP contribution >= 0.6 is 0 Å². The molecular formula is C25H50N2O5S. The van der Waals surface area contributed by atoms with Gasteiger partial charge in [0.15, 0.2) is 6.29 Å². The summed E-state index contributed by atoms with van der Waals surface area (Å²) in [6.07, 6.45) is 15.5. The molecule has 1 aliphatic rings. The van der Waals surface area contributed by atoms with Gasteiger partial charge >= 0.3 is 0 Å². The third-order valence-corrected chi connectivity index (χ3v) is 7.72. The van der Waals surface area contributed by atoms with Crippen LogP contribution in [0.3, 0.4) is 0 Å². The molecule has 0 spiro atoms. The summed E-state index contributed by atoms with van der Waals surface area (Å²) in [5.74, 6) is -0.196. The largest absolute Gasteiger partial charge is 0.366 e. The van der Waals surface area contributed by atoms with Crippen molar-refractivity contribution in [3.63, 3.8) is 0 Å². The van der Waals surface area contributed by atoms with Crippen molar-refractivity contribution >= 4 is 15.9 Å². The molecule has 8 heteroatoms. The number of aliphatic hydroxyl groups is 1. The van der Waals surface area contributed by atoms with E-state index in [4.69, 9.17) is 4.74 Å². The Bertz CT molecular complexity index is 612. The molecule has 0 bridgehead atoms. The zero-order valence-corrected chi connectivity index (χ0v) is 22.1. The van der Waals surface area contributed by atoms with Crippen LogP contribution in [-0.4, -0.2) is 50.2 Å². The second-order valence-electron chi connectivity index (χ2n) is 10.0. The molecular weight excluding hydrogens is 440 g/mol. The summed E-state index contributed by atoms with van der Waals surface area (Å²) >= 11 is 0. The minimum Gasteiger partial charge on any atom is -0.366 e. The lowest BCUT2D eigenvalue weighted by Gasteiger charge is -2.23. The summed E-state index contributed by atoms with van der Waals surface area (Å²) in [6, 6.07) is -1.32. The summed E-state index contributed by atoms with van der Waals surface area (Å²) in [4.78, 5) is 12.6. The Labute approximate surface area is 202 Å². The molecule has 1 aliphatic heterocycles. The fraction of sp³-hybridized carbons (Fsp3) is 0.960. The number of unbranched alkanes of at least 4 members (excludes halogenated alkanes) is 12. The zero-order valence-electron chi connectivity index (χ0n) is 21.3. The fourth-order valence-electron chi connectivity index (χ4n) is 4.27. The number of hydrogen-bond donors (Lipinski definition) is 3. The minimum absolute atomic E-state index is 0.0435. The van der Waals surface area contributed by atoms with Crippen LogP contribution in [0.2, 0.25) is 0 Å². The fourth-order valence-corrected chi connectivity index (χ4v) is 5.61. The predicted molar refractivity (Wildman–Crippen MR) is 134 cm³/mol. The molecule has 0 radical (unpaired) electrons. The standard InChI is InChI=1S/C25H50N2O5S/c1-4-5-6-7-8-9-10-11-12-13-14-15-16-19-33(30,31)27-23(20-21(2)3)24(28)26-22-17-18-32-25(22)29/h21-23,25,27,29H,4-20H2,1-3H3,(H,26,28). The van der Waals surface area contributed by atoms with Gasteiger partial charge in [0.05, 0.1) is 18.4 Å². The monoisotopic (exact) mass is 490 g/mol. The van der Waals surface area contributed by atoms with Gasteiger partial charge in [0.25, 0.3) is 0 Å². The van der Waals surface area contributed by atoms with Gasteiger partial charge in [0.1, 0.15) is 6.04 Å². The molecule has 1 fully saturated rings. The SMILES string of the molecule is CCCCCCCCCCCCCCCS(=O)(=O)NC(CC(C)C)C(=O)NC1CCOC1O. The molecule has 0 aromatic rings. The van der Waals surface area contributed by atoms with E-state index in [0.717, 1.165) is 19.3 Å². The molecule has 0 aliphatic carbocycles. The van der Waals surface area contributed by atoms with Crippen LogP contribution in [0.1, 0.15) is 117 Å². The Hall–Kier alpha value is -0.700. The number of aliphatic hydroxyl groups excluding tert-OH is 1. The topological polar surface area (TPSA) is 105 Å². The third kappa shape index (κ3) is 15.0. The second kappa shape index (κ2) is 17.7. The third-order valence-electron chi connectivity index (χ3n) is 6.25. The van der Waals surface area contributed by atoms with Crippen molar-refractivity contribution in [3.05, 3.63) is 0 Å². The van der Waals surface area contributed by atoms with Gasteiger partial charge in [0, 0.05) is 0 Å². The van der Waals surface area contributed by atoms with Gasteiger partial charge in [-0.15, -0.1) is 0 Å². The maximum absolute atomic E-state index is 12.6. The number of ether oxygens (including phenoxy) is 1. The Balaban J connectivity index is 2.20. The highest BCUT2D eigenvalue weighted by Gasteiger charge is 2.32. The molecule has 1 heterocycles. The first-order valence-electron chi connectivity index (χ1n) is 13.3. The van der Waals surface area contributed by atoms with Gasteiger partial charge < -0.3 is 15.2 Å². The number of amides is 1. The average molecular weight is 491 g/mol. The number of hydrogen-bond acceptors (Lipinski definition) is 5. The Kier molecular flexibility index (Phi) is 16.3. The van der Waals surface area contributed by atoms with Crippen LogP contribution in [0, 0.1) is 5.92 Å². The molecule has 1 rings (SSSR count). The first-order valence-corrected chi connectivity index (χ1v) is 15.0. The van der Waals surface area contributed by atoms with Crippen molar-refractivity contribution in [2.24, 2.45) is 5.92 Å². The molecule has 3 N–H and O–H groups in total. The van der Waals surface area contributed by atoms with Crippen molar-refractivity contribution in [2.75, 3.05) is 12.4 Å². The van der Waals surface area contributed by atoms with Gasteiger partial charge in [-0.1, -0.05) is 97.8 Å². The number of carbonyl (C=O) groups excluding carboxylic acids is 1. The summed E-state index contributed by atoms with van der Waals surface area (Å²) < 4.78 is 32.8. The molecule has 196 valence electrons. The van der Waals surface area contributed by atoms with Crippen LogP contribution in [0.25, 0.3) is 0 Å². The number of rotatable bonds is 20. The summed E-state index contributed by atoms with van der Waals surface area (Å²) in [6.45, 7) is 6.53. The Morgan fingerprint density at radius 1 is 0.939 bits per heavy atom. The van der Waals surface area contributed by atoms with E-state index < -0.39 is 34.3 Å². The van der Waals surface area contributed by atoms with E-state index in [-0.39, 0.29) is 11.7 Å². The maximum atomic E-state index is 12.6. The van der Waals surface area contributed by atoms with E-state index in [1.165, 1.54) is 57.8 Å². The van der Waals surface area contributed by atoms with Gasteiger partial charge in [-0.05, 0) is 25.2 Å². The van der Waals surface area contributed by atoms with E-state index in [0.29, 0.717) is 25.9 Å². The maximum Gasteiger partial charge on any atom is 0.238 e. The minimum atomic E-state index is -3.54. The van der Waals surface area contributed by atoms with E-state index >= 15 is 0 Å². The van der Waals surface area contributed by atoms with E-state index in [1.807, 2.05) is 13.8 Å². The van der Waals surface area contributed by atoms with E-state index in [2.05, 4.69) is 17.0 Å². The highest BCUT2D eigenvalue weighted by atomic mass is 32.2. The predicted octanol–water partition coefficient (Wildman–Crippen LogP) is 4.64.